The number of methoxy groups -OCH3 is 1. The zero-order valence-electron chi connectivity index (χ0n) is 13.4. The number of piperidine rings is 1. The fraction of sp³-hybridized carbons (Fsp3) is 0.500. The number of hydrogen-bond acceptors (Lipinski definition) is 3. The van der Waals surface area contributed by atoms with Crippen LogP contribution in [0.1, 0.15) is 18.4 Å². The molecular weight excluding hydrogens is 473 g/mol. The molecule has 0 atom stereocenters. The number of rotatable bonds is 3. The second-order valence-corrected chi connectivity index (χ2v) is 6.23. The average Bonchev–Trinajstić information content (AvgIpc) is 2.57. The molecule has 1 fully saturated rings. The van der Waals surface area contributed by atoms with Gasteiger partial charge in [0, 0.05) is 31.2 Å². The van der Waals surface area contributed by atoms with Gasteiger partial charge in [0.05, 0.1) is 13.0 Å². The fourth-order valence-corrected chi connectivity index (χ4v) is 2.87. The minimum absolute atomic E-state index is 0. The molecule has 0 unspecified atom stereocenters. The smallest absolute Gasteiger partial charge is 0.308 e. The van der Waals surface area contributed by atoms with Gasteiger partial charge in [0.1, 0.15) is 0 Å². The van der Waals surface area contributed by atoms with Gasteiger partial charge in [-0.05, 0) is 30.5 Å². The van der Waals surface area contributed by atoms with Crippen molar-refractivity contribution >= 4 is 51.8 Å². The summed E-state index contributed by atoms with van der Waals surface area (Å²) >= 11 is 3.43. The van der Waals surface area contributed by atoms with Gasteiger partial charge in [-0.25, -0.2) is 0 Å². The van der Waals surface area contributed by atoms with Gasteiger partial charge in [0.2, 0.25) is 0 Å². The number of nitrogens with zero attached hydrogens (tertiary/aromatic N) is 2. The Morgan fingerprint density at radius 2 is 1.96 bits per heavy atom. The maximum Gasteiger partial charge on any atom is 0.308 e. The fourth-order valence-electron chi connectivity index (χ4n) is 2.61. The lowest BCUT2D eigenvalue weighted by atomic mass is 9.97. The first-order valence-corrected chi connectivity index (χ1v) is 8.21. The Kier molecular flexibility index (Phi) is 8.90. The molecule has 0 aliphatic carbocycles. The van der Waals surface area contributed by atoms with E-state index in [9.17, 15) is 4.79 Å². The Balaban J connectivity index is 0.00000264. The molecule has 1 aliphatic rings. The van der Waals surface area contributed by atoms with E-state index >= 15 is 0 Å². The summed E-state index contributed by atoms with van der Waals surface area (Å²) in [6.07, 6.45) is 1.62. The topological polar surface area (TPSA) is 53.9 Å². The number of carbonyl (C=O) groups is 1. The van der Waals surface area contributed by atoms with Crippen LogP contribution >= 0.6 is 39.9 Å². The molecule has 0 spiro atoms. The van der Waals surface area contributed by atoms with Crippen LogP contribution in [0.3, 0.4) is 0 Å². The SMILES string of the molecule is CN=C(NCc1ccc(Br)cc1)N1CCC(C(=O)OC)CC1.I. The Bertz CT molecular complexity index is 529. The van der Waals surface area contributed by atoms with Crippen molar-refractivity contribution in [2.24, 2.45) is 10.9 Å². The summed E-state index contributed by atoms with van der Waals surface area (Å²) in [5.41, 5.74) is 1.20. The number of hydrogen-bond donors (Lipinski definition) is 1. The number of aliphatic imine (C=N–C) groups is 1. The van der Waals surface area contributed by atoms with Gasteiger partial charge in [-0.3, -0.25) is 9.79 Å². The van der Waals surface area contributed by atoms with E-state index in [-0.39, 0.29) is 35.9 Å². The highest BCUT2D eigenvalue weighted by Crippen LogP contribution is 2.18. The molecule has 5 nitrogen and oxygen atoms in total. The Hall–Kier alpha value is -0.830. The minimum atomic E-state index is -0.0996. The average molecular weight is 496 g/mol. The Morgan fingerprint density at radius 3 is 2.48 bits per heavy atom. The standard InChI is InChI=1S/C16H22BrN3O2.HI/c1-18-16(19-11-12-3-5-14(17)6-4-12)20-9-7-13(8-10-20)15(21)22-2;/h3-6,13H,7-11H2,1-2H3,(H,18,19);1H. The van der Waals surface area contributed by atoms with Crippen LogP contribution in [-0.2, 0) is 16.1 Å². The maximum absolute atomic E-state index is 11.6. The second kappa shape index (κ2) is 10.1. The third kappa shape index (κ3) is 5.95. The van der Waals surface area contributed by atoms with E-state index in [1.165, 1.54) is 12.7 Å². The van der Waals surface area contributed by atoms with Crippen molar-refractivity contribution < 1.29 is 9.53 Å². The number of esters is 1. The van der Waals surface area contributed by atoms with Crippen molar-refractivity contribution in [2.45, 2.75) is 19.4 Å². The molecule has 128 valence electrons. The zero-order chi connectivity index (χ0) is 15.9. The molecule has 1 aromatic carbocycles. The van der Waals surface area contributed by atoms with Gasteiger partial charge in [-0.2, -0.15) is 0 Å². The number of benzene rings is 1. The first kappa shape index (κ1) is 20.2. The molecule has 0 amide bonds. The van der Waals surface area contributed by atoms with Crippen LogP contribution in [0.25, 0.3) is 0 Å². The molecule has 7 heteroatoms. The lowest BCUT2D eigenvalue weighted by molar-refractivity contribution is -0.146. The van der Waals surface area contributed by atoms with Crippen LogP contribution in [0.2, 0.25) is 0 Å². The molecule has 0 radical (unpaired) electrons. The lowest BCUT2D eigenvalue weighted by Gasteiger charge is -2.33. The van der Waals surface area contributed by atoms with E-state index < -0.39 is 0 Å². The van der Waals surface area contributed by atoms with Crippen LogP contribution in [0.5, 0.6) is 0 Å². The molecule has 2 rings (SSSR count). The number of halogens is 2. The predicted octanol–water partition coefficient (Wildman–Crippen LogP) is 3.03. The van der Waals surface area contributed by atoms with Gasteiger partial charge in [0.15, 0.2) is 5.96 Å². The van der Waals surface area contributed by atoms with Gasteiger partial charge in [-0.1, -0.05) is 28.1 Å². The molecule has 0 saturated carbocycles. The van der Waals surface area contributed by atoms with Gasteiger partial charge < -0.3 is 15.0 Å². The summed E-state index contributed by atoms with van der Waals surface area (Å²) in [6.45, 7) is 2.37. The Labute approximate surface area is 163 Å². The third-order valence-electron chi connectivity index (χ3n) is 3.90. The van der Waals surface area contributed by atoms with Crippen LogP contribution in [-0.4, -0.2) is 44.1 Å². The third-order valence-corrected chi connectivity index (χ3v) is 4.43. The normalized spacial score (nSPS) is 15.8. The highest BCUT2D eigenvalue weighted by Gasteiger charge is 2.26. The summed E-state index contributed by atoms with van der Waals surface area (Å²) in [6, 6.07) is 8.21. The summed E-state index contributed by atoms with van der Waals surface area (Å²) < 4.78 is 5.89. The first-order valence-electron chi connectivity index (χ1n) is 7.42. The second-order valence-electron chi connectivity index (χ2n) is 5.31. The van der Waals surface area contributed by atoms with Crippen molar-refractivity contribution in [3.63, 3.8) is 0 Å². The van der Waals surface area contributed by atoms with Crippen LogP contribution in [0.15, 0.2) is 33.7 Å². The number of likely N-dealkylation sites (tertiary alicyclic amines) is 1. The molecule has 1 heterocycles. The minimum Gasteiger partial charge on any atom is -0.469 e. The zero-order valence-corrected chi connectivity index (χ0v) is 17.3. The molecule has 1 aliphatic heterocycles. The van der Waals surface area contributed by atoms with E-state index in [1.807, 2.05) is 12.1 Å². The number of guanidine groups is 1. The summed E-state index contributed by atoms with van der Waals surface area (Å²) in [7, 11) is 3.24. The number of ether oxygens (including phenoxy) is 1. The van der Waals surface area contributed by atoms with Crippen molar-refractivity contribution in [3.05, 3.63) is 34.3 Å². The van der Waals surface area contributed by atoms with Crippen LogP contribution < -0.4 is 5.32 Å². The van der Waals surface area contributed by atoms with Crippen molar-refractivity contribution in [1.29, 1.82) is 0 Å². The van der Waals surface area contributed by atoms with Gasteiger partial charge in [-0.15, -0.1) is 24.0 Å². The quantitative estimate of drug-likeness (QED) is 0.303. The molecule has 0 aromatic heterocycles. The van der Waals surface area contributed by atoms with Gasteiger partial charge in [0.25, 0.3) is 0 Å². The van der Waals surface area contributed by atoms with Crippen molar-refractivity contribution in [3.8, 4) is 0 Å². The Morgan fingerprint density at radius 1 is 1.35 bits per heavy atom. The number of carbonyl (C=O) groups excluding carboxylic acids is 1. The summed E-state index contributed by atoms with van der Waals surface area (Å²) in [5, 5.41) is 3.38. The van der Waals surface area contributed by atoms with E-state index in [4.69, 9.17) is 4.74 Å². The molecule has 23 heavy (non-hydrogen) atoms. The number of nitrogens with one attached hydrogen (secondary N) is 1. The highest BCUT2D eigenvalue weighted by molar-refractivity contribution is 14.0. The van der Waals surface area contributed by atoms with E-state index in [0.29, 0.717) is 0 Å². The predicted molar refractivity (Wildman–Crippen MR) is 106 cm³/mol. The lowest BCUT2D eigenvalue weighted by Crippen LogP contribution is -2.46. The molecule has 1 N–H and O–H groups in total. The van der Waals surface area contributed by atoms with Crippen molar-refractivity contribution in [2.75, 3.05) is 27.2 Å². The molecule has 0 bridgehead atoms. The molecular formula is C16H23BrIN3O2. The molecule has 1 saturated heterocycles. The van der Waals surface area contributed by atoms with E-state index in [2.05, 4.69) is 43.3 Å². The van der Waals surface area contributed by atoms with E-state index in [1.54, 1.807) is 7.05 Å². The van der Waals surface area contributed by atoms with Crippen LogP contribution in [0.4, 0.5) is 0 Å². The highest BCUT2D eigenvalue weighted by atomic mass is 127. The first-order chi connectivity index (χ1) is 10.6. The van der Waals surface area contributed by atoms with Gasteiger partial charge >= 0.3 is 5.97 Å². The van der Waals surface area contributed by atoms with Crippen molar-refractivity contribution in [1.82, 2.24) is 10.2 Å². The van der Waals surface area contributed by atoms with Crippen LogP contribution in [0, 0.1) is 5.92 Å². The summed E-state index contributed by atoms with van der Waals surface area (Å²) in [5.74, 6) is 0.800. The maximum atomic E-state index is 11.6. The monoisotopic (exact) mass is 495 g/mol. The molecule has 1 aromatic rings. The summed E-state index contributed by atoms with van der Waals surface area (Å²) in [4.78, 5) is 18.1. The van der Waals surface area contributed by atoms with E-state index in [0.717, 1.165) is 42.9 Å². The largest absolute Gasteiger partial charge is 0.469 e.